The Morgan fingerprint density at radius 3 is 2.20 bits per heavy atom. The largest absolute Gasteiger partial charge is 0.389 e. The summed E-state index contributed by atoms with van der Waals surface area (Å²) in [5.74, 6) is 0. The van der Waals surface area contributed by atoms with Gasteiger partial charge < -0.3 is 14.9 Å². The van der Waals surface area contributed by atoms with Gasteiger partial charge in [0.05, 0.1) is 6.10 Å². The molecule has 0 amide bonds. The number of aliphatic hydroxyl groups is 1. The molecule has 0 spiro atoms. The molecule has 0 saturated carbocycles. The third-order valence-corrected chi connectivity index (χ3v) is 3.98. The molecule has 2 rings (SSSR count). The number of aliphatic hydroxyl groups excluding tert-OH is 1. The summed E-state index contributed by atoms with van der Waals surface area (Å²) in [6, 6.07) is 8.30. The standard InChI is InChI=1S/C16H27N3O/c1-14(20)15-4-6-16(7-5-15)19-12-10-18(11-13-19)9-8-17(2)3/h4-7,14,20H,8-13H2,1-3H3/t14-/m1/s1. The molecular weight excluding hydrogens is 250 g/mol. The lowest BCUT2D eigenvalue weighted by Crippen LogP contribution is -2.48. The molecule has 0 unspecified atom stereocenters. The van der Waals surface area contributed by atoms with Crippen LogP contribution in [0.4, 0.5) is 5.69 Å². The molecule has 1 aliphatic rings. The molecule has 4 heteroatoms. The number of piperazine rings is 1. The fraction of sp³-hybridized carbons (Fsp3) is 0.625. The van der Waals surface area contributed by atoms with Crippen molar-refractivity contribution in [1.29, 1.82) is 0 Å². The van der Waals surface area contributed by atoms with Crippen molar-refractivity contribution in [1.82, 2.24) is 9.80 Å². The first-order valence-electron chi connectivity index (χ1n) is 7.46. The maximum Gasteiger partial charge on any atom is 0.0761 e. The minimum atomic E-state index is -0.382. The zero-order valence-corrected chi connectivity index (χ0v) is 12.9. The Morgan fingerprint density at radius 2 is 1.70 bits per heavy atom. The molecule has 0 aliphatic carbocycles. The Bertz CT molecular complexity index is 395. The average molecular weight is 277 g/mol. The highest BCUT2D eigenvalue weighted by molar-refractivity contribution is 5.48. The summed E-state index contributed by atoms with van der Waals surface area (Å²) >= 11 is 0. The van der Waals surface area contributed by atoms with Crippen molar-refractivity contribution in [3.63, 3.8) is 0 Å². The van der Waals surface area contributed by atoms with Gasteiger partial charge in [0.25, 0.3) is 0 Å². The molecule has 20 heavy (non-hydrogen) atoms. The van der Waals surface area contributed by atoms with Crippen molar-refractivity contribution in [2.75, 3.05) is 58.3 Å². The van der Waals surface area contributed by atoms with Crippen LogP contribution in [0.2, 0.25) is 0 Å². The number of benzene rings is 1. The second-order valence-electron chi connectivity index (χ2n) is 5.90. The van der Waals surface area contributed by atoms with Gasteiger partial charge in [-0.2, -0.15) is 0 Å². The molecule has 1 heterocycles. The fourth-order valence-corrected chi connectivity index (χ4v) is 2.53. The molecule has 1 saturated heterocycles. The van der Waals surface area contributed by atoms with Crippen LogP contribution >= 0.6 is 0 Å². The van der Waals surface area contributed by atoms with Crippen molar-refractivity contribution in [3.05, 3.63) is 29.8 Å². The molecule has 0 bridgehead atoms. The lowest BCUT2D eigenvalue weighted by atomic mass is 10.1. The van der Waals surface area contributed by atoms with Gasteiger partial charge in [-0.1, -0.05) is 12.1 Å². The molecule has 1 N–H and O–H groups in total. The molecule has 1 fully saturated rings. The van der Waals surface area contributed by atoms with Gasteiger partial charge in [0.2, 0.25) is 0 Å². The van der Waals surface area contributed by atoms with Crippen LogP contribution in [-0.2, 0) is 0 Å². The molecule has 1 atom stereocenters. The molecule has 1 aliphatic heterocycles. The Labute approximate surface area is 122 Å². The highest BCUT2D eigenvalue weighted by Crippen LogP contribution is 2.20. The number of nitrogens with zero attached hydrogens (tertiary/aromatic N) is 3. The predicted molar refractivity (Wildman–Crippen MR) is 84.3 cm³/mol. The molecule has 0 aromatic heterocycles. The molecule has 1 aromatic rings. The van der Waals surface area contributed by atoms with E-state index >= 15 is 0 Å². The Morgan fingerprint density at radius 1 is 1.10 bits per heavy atom. The van der Waals surface area contributed by atoms with Gasteiger partial charge in [-0.3, -0.25) is 4.90 Å². The quantitative estimate of drug-likeness (QED) is 0.882. The van der Waals surface area contributed by atoms with E-state index in [1.165, 1.54) is 5.69 Å². The van der Waals surface area contributed by atoms with Gasteiger partial charge in [0, 0.05) is 45.0 Å². The van der Waals surface area contributed by atoms with Crippen molar-refractivity contribution in [3.8, 4) is 0 Å². The van der Waals surface area contributed by atoms with Crippen molar-refractivity contribution in [2.24, 2.45) is 0 Å². The normalized spacial score (nSPS) is 18.6. The minimum absolute atomic E-state index is 0.382. The number of hydrogen-bond acceptors (Lipinski definition) is 4. The van der Waals surface area contributed by atoms with E-state index in [-0.39, 0.29) is 6.10 Å². The lowest BCUT2D eigenvalue weighted by Gasteiger charge is -2.36. The van der Waals surface area contributed by atoms with Gasteiger partial charge in [-0.15, -0.1) is 0 Å². The summed E-state index contributed by atoms with van der Waals surface area (Å²) in [6.45, 7) is 8.52. The van der Waals surface area contributed by atoms with E-state index < -0.39 is 0 Å². The highest BCUT2D eigenvalue weighted by atomic mass is 16.3. The van der Waals surface area contributed by atoms with Crippen LogP contribution in [0.5, 0.6) is 0 Å². The summed E-state index contributed by atoms with van der Waals surface area (Å²) in [5.41, 5.74) is 2.25. The van der Waals surface area contributed by atoms with Crippen LogP contribution in [0.25, 0.3) is 0 Å². The second kappa shape index (κ2) is 7.07. The minimum Gasteiger partial charge on any atom is -0.389 e. The average Bonchev–Trinajstić information content (AvgIpc) is 2.46. The van der Waals surface area contributed by atoms with Crippen LogP contribution in [0.15, 0.2) is 24.3 Å². The summed E-state index contributed by atoms with van der Waals surface area (Å²) in [7, 11) is 4.25. The number of rotatable bonds is 5. The summed E-state index contributed by atoms with van der Waals surface area (Å²) < 4.78 is 0. The summed E-state index contributed by atoms with van der Waals surface area (Å²) in [5, 5.41) is 9.54. The Hall–Kier alpha value is -1.10. The smallest absolute Gasteiger partial charge is 0.0761 e. The van der Waals surface area contributed by atoms with Gasteiger partial charge in [0.15, 0.2) is 0 Å². The zero-order valence-electron chi connectivity index (χ0n) is 12.9. The van der Waals surface area contributed by atoms with Gasteiger partial charge in [0.1, 0.15) is 0 Å². The number of likely N-dealkylation sites (N-methyl/N-ethyl adjacent to an activating group) is 1. The van der Waals surface area contributed by atoms with E-state index in [4.69, 9.17) is 0 Å². The molecule has 112 valence electrons. The van der Waals surface area contributed by atoms with Crippen LogP contribution in [0, 0.1) is 0 Å². The third kappa shape index (κ3) is 4.20. The van der Waals surface area contributed by atoms with E-state index in [1.54, 1.807) is 6.92 Å². The number of hydrogen-bond donors (Lipinski definition) is 1. The van der Waals surface area contributed by atoms with Gasteiger partial charge in [-0.05, 0) is 38.7 Å². The van der Waals surface area contributed by atoms with Crippen LogP contribution in [-0.4, -0.2) is 68.3 Å². The molecule has 0 radical (unpaired) electrons. The highest BCUT2D eigenvalue weighted by Gasteiger charge is 2.17. The second-order valence-corrected chi connectivity index (χ2v) is 5.90. The Balaban J connectivity index is 1.84. The van der Waals surface area contributed by atoms with Crippen LogP contribution in [0.3, 0.4) is 0 Å². The van der Waals surface area contributed by atoms with Gasteiger partial charge >= 0.3 is 0 Å². The maximum absolute atomic E-state index is 9.54. The first kappa shape index (κ1) is 15.3. The lowest BCUT2D eigenvalue weighted by molar-refractivity contribution is 0.199. The van der Waals surface area contributed by atoms with E-state index in [1.807, 2.05) is 12.1 Å². The van der Waals surface area contributed by atoms with E-state index in [0.29, 0.717) is 0 Å². The summed E-state index contributed by atoms with van der Waals surface area (Å²) in [4.78, 5) is 7.19. The van der Waals surface area contributed by atoms with Crippen molar-refractivity contribution < 1.29 is 5.11 Å². The van der Waals surface area contributed by atoms with Crippen molar-refractivity contribution in [2.45, 2.75) is 13.0 Å². The van der Waals surface area contributed by atoms with Crippen LogP contribution in [0.1, 0.15) is 18.6 Å². The van der Waals surface area contributed by atoms with E-state index in [9.17, 15) is 5.11 Å². The van der Waals surface area contributed by atoms with Crippen LogP contribution < -0.4 is 4.90 Å². The SMILES string of the molecule is C[C@@H](O)c1ccc(N2CCN(CCN(C)C)CC2)cc1. The predicted octanol–water partition coefficient (Wildman–Crippen LogP) is 1.42. The first-order chi connectivity index (χ1) is 9.56. The topological polar surface area (TPSA) is 30.0 Å². The zero-order chi connectivity index (χ0) is 14.5. The maximum atomic E-state index is 9.54. The Kier molecular flexibility index (Phi) is 5.40. The summed E-state index contributed by atoms with van der Waals surface area (Å²) in [6.07, 6.45) is -0.382. The molecule has 4 nitrogen and oxygen atoms in total. The van der Waals surface area contributed by atoms with E-state index in [2.05, 4.69) is 40.9 Å². The fourth-order valence-electron chi connectivity index (χ4n) is 2.53. The third-order valence-electron chi connectivity index (χ3n) is 3.98. The van der Waals surface area contributed by atoms with E-state index in [0.717, 1.165) is 44.8 Å². The first-order valence-corrected chi connectivity index (χ1v) is 7.46. The van der Waals surface area contributed by atoms with Crippen molar-refractivity contribution >= 4 is 5.69 Å². The van der Waals surface area contributed by atoms with Gasteiger partial charge in [-0.25, -0.2) is 0 Å². The molecular formula is C16H27N3O. The number of anilines is 1. The monoisotopic (exact) mass is 277 g/mol. The molecule has 1 aromatic carbocycles.